The molecule has 0 fully saturated rings. The van der Waals surface area contributed by atoms with Gasteiger partial charge in [-0.3, -0.25) is 10.1 Å². The predicted octanol–water partition coefficient (Wildman–Crippen LogP) is 0.853. The van der Waals surface area contributed by atoms with Gasteiger partial charge in [0.25, 0.3) is 5.91 Å². The van der Waals surface area contributed by atoms with Gasteiger partial charge in [-0.2, -0.15) is 0 Å². The lowest BCUT2D eigenvalue weighted by molar-refractivity contribution is -0.150. The van der Waals surface area contributed by atoms with Crippen LogP contribution in [0.5, 0.6) is 11.5 Å². The Morgan fingerprint density at radius 1 is 1.00 bits per heavy atom. The van der Waals surface area contributed by atoms with E-state index in [0.29, 0.717) is 24.7 Å². The number of hydrogen-bond acceptors (Lipinski definition) is 6. The molecule has 0 saturated carbocycles. The van der Waals surface area contributed by atoms with Crippen LogP contribution in [0.3, 0.4) is 0 Å². The summed E-state index contributed by atoms with van der Waals surface area (Å²) >= 11 is 0. The van der Waals surface area contributed by atoms with E-state index in [1.165, 1.54) is 0 Å². The minimum absolute atomic E-state index is 0.376. The Hall–Kier alpha value is -2.77. The molecule has 0 aromatic heterocycles. The number of hydrogen-bond donors (Lipinski definition) is 2. The van der Waals surface area contributed by atoms with Crippen molar-refractivity contribution in [3.05, 3.63) is 24.3 Å². The molecular weight excluding hydrogens is 304 g/mol. The van der Waals surface area contributed by atoms with Gasteiger partial charge >= 0.3 is 12.0 Å². The van der Waals surface area contributed by atoms with Crippen molar-refractivity contribution in [2.45, 2.75) is 13.8 Å². The summed E-state index contributed by atoms with van der Waals surface area (Å²) in [7, 11) is 0. The molecule has 2 N–H and O–H groups in total. The van der Waals surface area contributed by atoms with Crippen molar-refractivity contribution in [2.75, 3.05) is 26.4 Å². The molecule has 8 nitrogen and oxygen atoms in total. The lowest BCUT2D eigenvalue weighted by Crippen LogP contribution is -2.41. The van der Waals surface area contributed by atoms with E-state index in [9.17, 15) is 14.4 Å². The van der Waals surface area contributed by atoms with E-state index in [-0.39, 0.29) is 6.61 Å². The third-order valence-corrected chi connectivity index (χ3v) is 2.45. The second-order valence-electron chi connectivity index (χ2n) is 4.24. The molecule has 23 heavy (non-hydrogen) atoms. The van der Waals surface area contributed by atoms with Crippen LogP contribution in [0.25, 0.3) is 0 Å². The Morgan fingerprint density at radius 2 is 1.65 bits per heavy atom. The molecule has 0 heterocycles. The monoisotopic (exact) mass is 324 g/mol. The Labute approximate surface area is 134 Å². The number of nitrogens with one attached hydrogen (secondary N) is 2. The zero-order chi connectivity index (χ0) is 17.1. The fourth-order valence-electron chi connectivity index (χ4n) is 1.54. The van der Waals surface area contributed by atoms with Crippen molar-refractivity contribution < 1.29 is 28.6 Å². The number of ether oxygens (including phenoxy) is 3. The van der Waals surface area contributed by atoms with Gasteiger partial charge in [-0.25, -0.2) is 9.59 Å². The molecule has 0 unspecified atom stereocenters. The summed E-state index contributed by atoms with van der Waals surface area (Å²) in [6.07, 6.45) is 0. The first-order valence-corrected chi connectivity index (χ1v) is 7.14. The maximum absolute atomic E-state index is 11.5. The van der Waals surface area contributed by atoms with Crippen molar-refractivity contribution in [2.24, 2.45) is 0 Å². The minimum atomic E-state index is -0.734. The fourth-order valence-corrected chi connectivity index (χ4v) is 1.54. The maximum atomic E-state index is 11.5. The van der Waals surface area contributed by atoms with Crippen LogP contribution in [0.15, 0.2) is 24.3 Å². The smallest absolute Gasteiger partial charge is 0.344 e. The molecule has 1 aromatic carbocycles. The van der Waals surface area contributed by atoms with Crippen molar-refractivity contribution in [1.82, 2.24) is 10.6 Å². The Morgan fingerprint density at radius 3 is 2.26 bits per heavy atom. The van der Waals surface area contributed by atoms with Gasteiger partial charge in [0.05, 0.1) is 6.61 Å². The van der Waals surface area contributed by atoms with Gasteiger partial charge in [0.1, 0.15) is 0 Å². The largest absolute Gasteiger partial charge is 0.490 e. The van der Waals surface area contributed by atoms with Crippen molar-refractivity contribution >= 4 is 17.9 Å². The summed E-state index contributed by atoms with van der Waals surface area (Å²) in [5.41, 5.74) is 0. The van der Waals surface area contributed by atoms with E-state index in [1.807, 2.05) is 12.2 Å². The molecule has 1 rings (SSSR count). The molecule has 0 radical (unpaired) electrons. The van der Waals surface area contributed by atoms with E-state index in [2.05, 4.69) is 5.32 Å². The summed E-state index contributed by atoms with van der Waals surface area (Å²) < 4.78 is 15.3. The molecule has 0 atom stereocenters. The lowest BCUT2D eigenvalue weighted by Gasteiger charge is -2.11. The zero-order valence-electron chi connectivity index (χ0n) is 13.1. The van der Waals surface area contributed by atoms with E-state index in [0.717, 1.165) is 0 Å². The quantitative estimate of drug-likeness (QED) is 0.687. The third-order valence-electron chi connectivity index (χ3n) is 2.45. The number of amides is 3. The summed E-state index contributed by atoms with van der Waals surface area (Å²) in [5.74, 6) is -0.545. The van der Waals surface area contributed by atoms with Crippen LogP contribution in [0.4, 0.5) is 4.79 Å². The molecule has 0 aliphatic rings. The maximum Gasteiger partial charge on any atom is 0.344 e. The molecule has 0 aliphatic heterocycles. The second kappa shape index (κ2) is 10.0. The minimum Gasteiger partial charge on any atom is -0.490 e. The van der Waals surface area contributed by atoms with Gasteiger partial charge in [-0.05, 0) is 26.0 Å². The number of rotatable bonds is 8. The summed E-state index contributed by atoms with van der Waals surface area (Å²) in [5, 5.41) is 4.39. The van der Waals surface area contributed by atoms with Crippen LogP contribution < -0.4 is 20.1 Å². The van der Waals surface area contributed by atoms with Gasteiger partial charge < -0.3 is 19.5 Å². The van der Waals surface area contributed by atoms with Crippen LogP contribution in [-0.2, 0) is 14.3 Å². The number of benzene rings is 1. The lowest BCUT2D eigenvalue weighted by atomic mass is 10.3. The predicted molar refractivity (Wildman–Crippen MR) is 81.3 cm³/mol. The molecule has 1 aromatic rings. The topological polar surface area (TPSA) is 103 Å². The average Bonchev–Trinajstić information content (AvgIpc) is 2.52. The SMILES string of the molecule is CCNC(=O)NC(=O)COC(=O)COc1ccccc1OCC. The molecule has 3 amide bonds. The van der Waals surface area contributed by atoms with Crippen molar-refractivity contribution in [3.63, 3.8) is 0 Å². The molecule has 0 saturated heterocycles. The van der Waals surface area contributed by atoms with Gasteiger partial charge in [0.2, 0.25) is 0 Å². The highest BCUT2D eigenvalue weighted by Gasteiger charge is 2.12. The molecule has 8 heteroatoms. The first-order valence-electron chi connectivity index (χ1n) is 7.14. The normalized spacial score (nSPS) is 9.65. The Balaban J connectivity index is 2.35. The fraction of sp³-hybridized carbons (Fsp3) is 0.400. The van der Waals surface area contributed by atoms with E-state index < -0.39 is 24.5 Å². The number of carbonyl (C=O) groups excluding carboxylic acids is 3. The second-order valence-corrected chi connectivity index (χ2v) is 4.24. The van der Waals surface area contributed by atoms with Crippen LogP contribution in [0, 0.1) is 0 Å². The first-order chi connectivity index (χ1) is 11.1. The van der Waals surface area contributed by atoms with Gasteiger partial charge in [-0.15, -0.1) is 0 Å². The highest BCUT2D eigenvalue weighted by atomic mass is 16.6. The molecule has 0 aliphatic carbocycles. The van der Waals surface area contributed by atoms with Crippen LogP contribution >= 0.6 is 0 Å². The summed E-state index contributed by atoms with van der Waals surface area (Å²) in [6, 6.07) is 6.24. The Kier molecular flexibility index (Phi) is 7.98. The number of esters is 1. The van der Waals surface area contributed by atoms with E-state index >= 15 is 0 Å². The van der Waals surface area contributed by atoms with E-state index in [1.54, 1.807) is 31.2 Å². The van der Waals surface area contributed by atoms with Crippen molar-refractivity contribution in [3.8, 4) is 11.5 Å². The average molecular weight is 324 g/mol. The highest BCUT2D eigenvalue weighted by Crippen LogP contribution is 2.26. The number of para-hydroxylation sites is 2. The summed E-state index contributed by atoms with van der Waals surface area (Å²) in [4.78, 5) is 34.0. The summed E-state index contributed by atoms with van der Waals surface area (Å²) in [6.45, 7) is 3.45. The number of imide groups is 1. The van der Waals surface area contributed by atoms with Gasteiger partial charge in [-0.1, -0.05) is 12.1 Å². The molecule has 0 bridgehead atoms. The third kappa shape index (κ3) is 7.16. The van der Waals surface area contributed by atoms with Crippen LogP contribution in [0.2, 0.25) is 0 Å². The van der Waals surface area contributed by atoms with Crippen LogP contribution in [-0.4, -0.2) is 44.3 Å². The Bertz CT molecular complexity index is 547. The van der Waals surface area contributed by atoms with Gasteiger partial charge in [0, 0.05) is 6.54 Å². The van der Waals surface area contributed by atoms with E-state index in [4.69, 9.17) is 14.2 Å². The van der Waals surface area contributed by atoms with Crippen molar-refractivity contribution in [1.29, 1.82) is 0 Å². The highest BCUT2D eigenvalue weighted by molar-refractivity contribution is 5.95. The zero-order valence-corrected chi connectivity index (χ0v) is 13.1. The standard InChI is InChI=1S/C15H20N2O6/c1-3-16-15(20)17-13(18)9-23-14(19)10-22-12-8-6-5-7-11(12)21-4-2/h5-8H,3-4,9-10H2,1-2H3,(H2,16,17,18,20). The molecule has 126 valence electrons. The van der Waals surface area contributed by atoms with Gasteiger partial charge in [0.15, 0.2) is 24.7 Å². The molecule has 0 spiro atoms. The molecular formula is C15H20N2O6. The first kappa shape index (κ1) is 18.3. The van der Waals surface area contributed by atoms with Crippen LogP contribution in [0.1, 0.15) is 13.8 Å². The number of carbonyl (C=O) groups is 3. The number of urea groups is 1.